The Hall–Kier alpha value is -1.26. The number of hydrogen-bond acceptors (Lipinski definition) is 2. The third kappa shape index (κ3) is 2.42. The Labute approximate surface area is 114 Å². The van der Waals surface area contributed by atoms with Crippen LogP contribution in [0.25, 0.3) is 0 Å². The monoisotopic (exact) mass is 268 g/mol. The summed E-state index contributed by atoms with van der Waals surface area (Å²) in [5, 5.41) is 9.49. The zero-order chi connectivity index (χ0) is 14.0. The summed E-state index contributed by atoms with van der Waals surface area (Å²) >= 11 is 0. The highest BCUT2D eigenvalue weighted by Gasteiger charge is 2.49. The number of carboxylic acid groups (broad SMARTS) is 1. The molecule has 19 heavy (non-hydrogen) atoms. The first-order chi connectivity index (χ1) is 9.01. The largest absolute Gasteiger partial charge is 0.479 e. The number of amides is 2. The third-order valence-corrected chi connectivity index (χ3v) is 4.79. The van der Waals surface area contributed by atoms with Gasteiger partial charge in [-0.15, -0.1) is 0 Å². The van der Waals surface area contributed by atoms with Crippen molar-refractivity contribution in [1.82, 2.24) is 9.80 Å². The number of carbonyl (C=O) groups is 2. The van der Waals surface area contributed by atoms with Crippen molar-refractivity contribution in [3.63, 3.8) is 0 Å². The second kappa shape index (κ2) is 5.39. The Morgan fingerprint density at radius 2 is 2.05 bits per heavy atom. The number of hydrogen-bond donors (Lipinski definition) is 1. The molecule has 0 radical (unpaired) electrons. The van der Waals surface area contributed by atoms with Gasteiger partial charge in [-0.3, -0.25) is 0 Å². The number of likely N-dealkylation sites (tertiary alicyclic amines) is 1. The van der Waals surface area contributed by atoms with E-state index in [4.69, 9.17) is 0 Å². The van der Waals surface area contributed by atoms with E-state index in [-0.39, 0.29) is 6.03 Å². The van der Waals surface area contributed by atoms with Gasteiger partial charge in [0.1, 0.15) is 5.54 Å². The van der Waals surface area contributed by atoms with Crippen LogP contribution in [0.1, 0.15) is 45.4 Å². The summed E-state index contributed by atoms with van der Waals surface area (Å²) in [5.74, 6) is -0.254. The molecule has 5 heteroatoms. The van der Waals surface area contributed by atoms with E-state index in [1.54, 1.807) is 16.8 Å². The fourth-order valence-corrected chi connectivity index (χ4v) is 3.25. The first-order valence-corrected chi connectivity index (χ1v) is 7.27. The Kier molecular flexibility index (Phi) is 4.02. The number of nitrogens with zero attached hydrogens (tertiary/aromatic N) is 2. The Balaban J connectivity index is 2.05. The van der Waals surface area contributed by atoms with Crippen molar-refractivity contribution < 1.29 is 14.7 Å². The second-order valence-electron chi connectivity index (χ2n) is 5.91. The van der Waals surface area contributed by atoms with Gasteiger partial charge < -0.3 is 14.9 Å². The van der Waals surface area contributed by atoms with Crippen molar-refractivity contribution >= 4 is 12.0 Å². The Morgan fingerprint density at radius 3 is 2.53 bits per heavy atom. The van der Waals surface area contributed by atoms with E-state index in [2.05, 4.69) is 0 Å². The SMILES string of the molecule is CCC1(C(=O)O)CCCN1C(=O)N(C)CC1CCC1. The zero-order valence-corrected chi connectivity index (χ0v) is 11.9. The van der Waals surface area contributed by atoms with Crippen LogP contribution in [0.15, 0.2) is 0 Å². The molecular weight excluding hydrogens is 244 g/mol. The van der Waals surface area contributed by atoms with Gasteiger partial charge in [0, 0.05) is 20.1 Å². The molecule has 1 aliphatic carbocycles. The number of aliphatic carboxylic acids is 1. The van der Waals surface area contributed by atoms with Crippen LogP contribution in [0, 0.1) is 5.92 Å². The third-order valence-electron chi connectivity index (χ3n) is 4.79. The van der Waals surface area contributed by atoms with Crippen molar-refractivity contribution in [3.05, 3.63) is 0 Å². The molecule has 1 aliphatic heterocycles. The maximum Gasteiger partial charge on any atom is 0.329 e. The van der Waals surface area contributed by atoms with E-state index in [0.717, 1.165) is 13.0 Å². The summed E-state index contributed by atoms with van der Waals surface area (Å²) < 4.78 is 0. The molecule has 1 atom stereocenters. The van der Waals surface area contributed by atoms with Gasteiger partial charge in [-0.05, 0) is 38.0 Å². The van der Waals surface area contributed by atoms with Crippen LogP contribution < -0.4 is 0 Å². The molecule has 0 aromatic heterocycles. The molecule has 2 rings (SSSR count). The first-order valence-electron chi connectivity index (χ1n) is 7.27. The van der Waals surface area contributed by atoms with Crippen LogP contribution >= 0.6 is 0 Å². The van der Waals surface area contributed by atoms with E-state index in [9.17, 15) is 14.7 Å². The molecule has 0 aromatic rings. The van der Waals surface area contributed by atoms with E-state index in [1.807, 2.05) is 6.92 Å². The molecule has 0 spiro atoms. The molecule has 0 bridgehead atoms. The molecule has 2 aliphatic rings. The highest BCUT2D eigenvalue weighted by atomic mass is 16.4. The van der Waals surface area contributed by atoms with Gasteiger partial charge in [-0.2, -0.15) is 0 Å². The second-order valence-corrected chi connectivity index (χ2v) is 5.91. The molecule has 108 valence electrons. The lowest BCUT2D eigenvalue weighted by Gasteiger charge is -2.38. The van der Waals surface area contributed by atoms with Crippen LogP contribution in [0.5, 0.6) is 0 Å². The zero-order valence-electron chi connectivity index (χ0n) is 11.9. The summed E-state index contributed by atoms with van der Waals surface area (Å²) in [7, 11) is 1.79. The maximum atomic E-state index is 12.5. The number of rotatable bonds is 4. The summed E-state index contributed by atoms with van der Waals surface area (Å²) in [4.78, 5) is 27.3. The van der Waals surface area contributed by atoms with E-state index in [1.165, 1.54) is 19.3 Å². The van der Waals surface area contributed by atoms with Crippen molar-refractivity contribution in [2.45, 2.75) is 51.0 Å². The molecule has 1 saturated heterocycles. The molecule has 1 unspecified atom stereocenters. The minimum absolute atomic E-state index is 0.117. The van der Waals surface area contributed by atoms with Crippen LogP contribution in [0.2, 0.25) is 0 Å². The predicted octanol–water partition coefficient (Wildman–Crippen LogP) is 2.17. The van der Waals surface area contributed by atoms with Crippen LogP contribution in [0.4, 0.5) is 4.79 Å². The average molecular weight is 268 g/mol. The molecule has 2 fully saturated rings. The maximum absolute atomic E-state index is 12.5. The minimum Gasteiger partial charge on any atom is -0.479 e. The number of carbonyl (C=O) groups excluding carboxylic acids is 1. The first kappa shape index (κ1) is 14.2. The minimum atomic E-state index is -0.981. The van der Waals surface area contributed by atoms with Crippen molar-refractivity contribution in [1.29, 1.82) is 0 Å². The van der Waals surface area contributed by atoms with E-state index in [0.29, 0.717) is 25.3 Å². The highest BCUT2D eigenvalue weighted by Crippen LogP contribution is 2.34. The van der Waals surface area contributed by atoms with Crippen molar-refractivity contribution in [2.24, 2.45) is 5.92 Å². The van der Waals surface area contributed by atoms with Gasteiger partial charge in [-0.1, -0.05) is 13.3 Å². The lowest BCUT2D eigenvalue weighted by molar-refractivity contribution is -0.148. The van der Waals surface area contributed by atoms with Crippen molar-refractivity contribution in [3.8, 4) is 0 Å². The number of urea groups is 1. The smallest absolute Gasteiger partial charge is 0.329 e. The van der Waals surface area contributed by atoms with Crippen LogP contribution in [-0.4, -0.2) is 52.6 Å². The van der Waals surface area contributed by atoms with Crippen LogP contribution in [-0.2, 0) is 4.79 Å². The predicted molar refractivity (Wildman–Crippen MR) is 72.0 cm³/mol. The van der Waals surface area contributed by atoms with Gasteiger partial charge in [0.15, 0.2) is 0 Å². The average Bonchev–Trinajstić information content (AvgIpc) is 2.77. The highest BCUT2D eigenvalue weighted by molar-refractivity contribution is 5.87. The normalized spacial score (nSPS) is 27.2. The topological polar surface area (TPSA) is 60.9 Å². The summed E-state index contributed by atoms with van der Waals surface area (Å²) in [5.41, 5.74) is -0.981. The molecule has 2 amide bonds. The Bertz CT molecular complexity index is 368. The van der Waals surface area contributed by atoms with E-state index < -0.39 is 11.5 Å². The summed E-state index contributed by atoms with van der Waals surface area (Å²) in [6.45, 7) is 3.17. The molecule has 1 N–H and O–H groups in total. The lowest BCUT2D eigenvalue weighted by Crippen LogP contribution is -2.56. The van der Waals surface area contributed by atoms with Gasteiger partial charge in [0.25, 0.3) is 0 Å². The molecule has 5 nitrogen and oxygen atoms in total. The fourth-order valence-electron chi connectivity index (χ4n) is 3.25. The van der Waals surface area contributed by atoms with Gasteiger partial charge in [0.05, 0.1) is 0 Å². The summed E-state index contributed by atoms with van der Waals surface area (Å²) in [6.07, 6.45) is 5.46. The van der Waals surface area contributed by atoms with Crippen LogP contribution in [0.3, 0.4) is 0 Å². The van der Waals surface area contributed by atoms with Gasteiger partial charge >= 0.3 is 12.0 Å². The molecule has 1 saturated carbocycles. The lowest BCUT2D eigenvalue weighted by atomic mass is 9.85. The number of carboxylic acids is 1. The van der Waals surface area contributed by atoms with Gasteiger partial charge in [0.2, 0.25) is 0 Å². The standard InChI is InChI=1S/C14H24N2O3/c1-3-14(12(17)18)8-5-9-16(14)13(19)15(2)10-11-6-4-7-11/h11H,3-10H2,1-2H3,(H,17,18). The Morgan fingerprint density at radius 1 is 1.37 bits per heavy atom. The quantitative estimate of drug-likeness (QED) is 0.850. The molecular formula is C14H24N2O3. The summed E-state index contributed by atoms with van der Waals surface area (Å²) in [6, 6.07) is -0.117. The van der Waals surface area contributed by atoms with Gasteiger partial charge in [-0.25, -0.2) is 9.59 Å². The molecule has 0 aromatic carbocycles. The van der Waals surface area contributed by atoms with E-state index >= 15 is 0 Å². The van der Waals surface area contributed by atoms with Crippen molar-refractivity contribution in [2.75, 3.05) is 20.1 Å². The molecule has 1 heterocycles. The fraction of sp³-hybridized carbons (Fsp3) is 0.857.